The molecule has 0 aromatic heterocycles. The van der Waals surface area contributed by atoms with E-state index in [-0.39, 0.29) is 17.5 Å². The molecule has 0 amide bonds. The zero-order valence-corrected chi connectivity index (χ0v) is 14.7. The molecule has 0 aliphatic heterocycles. The second-order valence-corrected chi connectivity index (χ2v) is 7.15. The summed E-state index contributed by atoms with van der Waals surface area (Å²) in [6, 6.07) is 8.22. The molecule has 1 aliphatic rings. The first-order valence-electron chi connectivity index (χ1n) is 8.36. The lowest BCUT2D eigenvalue weighted by atomic mass is 9.64. The van der Waals surface area contributed by atoms with Gasteiger partial charge in [-0.3, -0.25) is 0 Å². The van der Waals surface area contributed by atoms with E-state index in [9.17, 15) is 4.79 Å². The van der Waals surface area contributed by atoms with Crippen LogP contribution in [0.15, 0.2) is 36.9 Å². The van der Waals surface area contributed by atoms with Crippen LogP contribution in [0.4, 0.5) is 0 Å². The molecule has 1 aromatic carbocycles. The van der Waals surface area contributed by atoms with Crippen LogP contribution < -0.4 is 4.74 Å². The van der Waals surface area contributed by atoms with Crippen LogP contribution in [-0.2, 0) is 14.9 Å². The number of carbonyl (C=O) groups excluding carboxylic acids is 1. The maximum absolute atomic E-state index is 11.7. The molecule has 0 spiro atoms. The number of ether oxygens (including phenoxy) is 2. The van der Waals surface area contributed by atoms with Crippen molar-refractivity contribution in [2.45, 2.75) is 51.6 Å². The van der Waals surface area contributed by atoms with Gasteiger partial charge in [-0.1, -0.05) is 45.9 Å². The van der Waals surface area contributed by atoms with E-state index in [4.69, 9.17) is 9.47 Å². The van der Waals surface area contributed by atoms with Crippen molar-refractivity contribution in [2.24, 2.45) is 11.8 Å². The Balaban J connectivity index is 2.25. The van der Waals surface area contributed by atoms with E-state index < -0.39 is 0 Å². The van der Waals surface area contributed by atoms with Gasteiger partial charge in [0.2, 0.25) is 0 Å². The Morgan fingerprint density at radius 1 is 1.26 bits per heavy atom. The Kier molecular flexibility index (Phi) is 5.51. The largest absolute Gasteiger partial charge is 0.497 e. The van der Waals surface area contributed by atoms with Crippen molar-refractivity contribution in [1.29, 1.82) is 0 Å². The number of esters is 1. The Labute approximate surface area is 139 Å². The van der Waals surface area contributed by atoms with Gasteiger partial charge in [-0.2, -0.15) is 0 Å². The zero-order valence-electron chi connectivity index (χ0n) is 14.7. The molecule has 1 saturated carbocycles. The molecule has 3 nitrogen and oxygen atoms in total. The topological polar surface area (TPSA) is 35.5 Å². The molecular formula is C20H28O3. The lowest BCUT2D eigenvalue weighted by Gasteiger charge is -2.43. The van der Waals surface area contributed by atoms with Crippen molar-refractivity contribution in [1.82, 2.24) is 0 Å². The smallest absolute Gasteiger partial charge is 0.330 e. The number of methoxy groups -OCH3 is 1. The maximum atomic E-state index is 11.7. The molecule has 1 aromatic rings. The van der Waals surface area contributed by atoms with Crippen LogP contribution in [0.1, 0.15) is 45.6 Å². The van der Waals surface area contributed by atoms with Crippen molar-refractivity contribution in [3.8, 4) is 5.75 Å². The SMILES string of the molecule is C=CC(=O)O[C@H]1C[C@@H](C)CC[C@@H]1C(C)(C)c1ccc(OC)cc1. The van der Waals surface area contributed by atoms with Crippen molar-refractivity contribution < 1.29 is 14.3 Å². The summed E-state index contributed by atoms with van der Waals surface area (Å²) < 4.78 is 10.9. The number of rotatable bonds is 5. The molecule has 0 N–H and O–H groups in total. The molecule has 0 heterocycles. The van der Waals surface area contributed by atoms with Gasteiger partial charge in [0.15, 0.2) is 0 Å². The van der Waals surface area contributed by atoms with Gasteiger partial charge in [0.1, 0.15) is 11.9 Å². The minimum absolute atomic E-state index is 0.0543. The van der Waals surface area contributed by atoms with Crippen LogP contribution in [0.5, 0.6) is 5.75 Å². The molecule has 2 rings (SSSR count). The van der Waals surface area contributed by atoms with Crippen LogP contribution >= 0.6 is 0 Å². The first-order valence-corrected chi connectivity index (χ1v) is 8.36. The average Bonchev–Trinajstić information content (AvgIpc) is 2.54. The fourth-order valence-electron chi connectivity index (χ4n) is 3.72. The summed E-state index contributed by atoms with van der Waals surface area (Å²) in [5, 5.41) is 0. The van der Waals surface area contributed by atoms with Gasteiger partial charge in [0, 0.05) is 12.0 Å². The lowest BCUT2D eigenvalue weighted by Crippen LogP contribution is -2.43. The molecule has 126 valence electrons. The van der Waals surface area contributed by atoms with Crippen molar-refractivity contribution in [2.75, 3.05) is 7.11 Å². The van der Waals surface area contributed by atoms with Crippen LogP contribution in [0.3, 0.4) is 0 Å². The third-order valence-electron chi connectivity index (χ3n) is 5.25. The van der Waals surface area contributed by atoms with Gasteiger partial charge in [-0.15, -0.1) is 0 Å². The zero-order chi connectivity index (χ0) is 17.0. The van der Waals surface area contributed by atoms with Gasteiger partial charge in [-0.25, -0.2) is 4.79 Å². The van der Waals surface area contributed by atoms with Gasteiger partial charge in [-0.05, 0) is 41.9 Å². The predicted molar refractivity (Wildman–Crippen MR) is 92.6 cm³/mol. The highest BCUT2D eigenvalue weighted by atomic mass is 16.5. The highest BCUT2D eigenvalue weighted by Crippen LogP contribution is 2.43. The van der Waals surface area contributed by atoms with Gasteiger partial charge in [0.25, 0.3) is 0 Å². The number of hydrogen-bond donors (Lipinski definition) is 0. The molecule has 0 unspecified atom stereocenters. The fourth-order valence-corrected chi connectivity index (χ4v) is 3.72. The molecule has 1 aliphatic carbocycles. The second-order valence-electron chi connectivity index (χ2n) is 7.15. The minimum Gasteiger partial charge on any atom is -0.497 e. The van der Waals surface area contributed by atoms with Crippen LogP contribution in [0.2, 0.25) is 0 Å². The minimum atomic E-state index is -0.320. The molecule has 1 fully saturated rings. The summed E-state index contributed by atoms with van der Waals surface area (Å²) in [5.41, 5.74) is 1.18. The fraction of sp³-hybridized carbons (Fsp3) is 0.550. The van der Waals surface area contributed by atoms with Gasteiger partial charge >= 0.3 is 5.97 Å². The molecule has 3 atom stereocenters. The lowest BCUT2D eigenvalue weighted by molar-refractivity contribution is -0.150. The molecule has 23 heavy (non-hydrogen) atoms. The van der Waals surface area contributed by atoms with Gasteiger partial charge < -0.3 is 9.47 Å². The number of carbonyl (C=O) groups is 1. The maximum Gasteiger partial charge on any atom is 0.330 e. The van der Waals surface area contributed by atoms with Crippen molar-refractivity contribution >= 4 is 5.97 Å². The molecule has 3 heteroatoms. The van der Waals surface area contributed by atoms with E-state index in [1.54, 1.807) is 7.11 Å². The monoisotopic (exact) mass is 316 g/mol. The third kappa shape index (κ3) is 3.95. The van der Waals surface area contributed by atoms with Crippen LogP contribution in [-0.4, -0.2) is 19.2 Å². The Hall–Kier alpha value is -1.77. The van der Waals surface area contributed by atoms with E-state index >= 15 is 0 Å². The Morgan fingerprint density at radius 3 is 2.48 bits per heavy atom. The predicted octanol–water partition coefficient (Wildman–Crippen LogP) is 4.51. The van der Waals surface area contributed by atoms with E-state index in [0.717, 1.165) is 18.6 Å². The van der Waals surface area contributed by atoms with Crippen LogP contribution in [0, 0.1) is 11.8 Å². The highest BCUT2D eigenvalue weighted by molar-refractivity contribution is 5.81. The molecule has 0 saturated heterocycles. The molecule has 0 bridgehead atoms. The summed E-state index contributed by atoms with van der Waals surface area (Å²) in [6.07, 6.45) is 4.36. The summed E-state index contributed by atoms with van der Waals surface area (Å²) in [6.45, 7) is 10.2. The van der Waals surface area contributed by atoms with E-state index in [0.29, 0.717) is 11.8 Å². The standard InChI is InChI=1S/C20H28O3/c1-6-19(21)23-18-13-14(2)7-12-17(18)20(3,4)15-8-10-16(22-5)11-9-15/h6,8-11,14,17-18H,1,7,12-13H2,2-5H3/t14-,17-,18-/m0/s1. The van der Waals surface area contributed by atoms with E-state index in [1.807, 2.05) is 12.1 Å². The summed E-state index contributed by atoms with van der Waals surface area (Å²) in [7, 11) is 1.67. The van der Waals surface area contributed by atoms with E-state index in [2.05, 4.69) is 39.5 Å². The summed E-state index contributed by atoms with van der Waals surface area (Å²) >= 11 is 0. The highest BCUT2D eigenvalue weighted by Gasteiger charge is 2.41. The van der Waals surface area contributed by atoms with Crippen molar-refractivity contribution in [3.05, 3.63) is 42.5 Å². The van der Waals surface area contributed by atoms with Gasteiger partial charge in [0.05, 0.1) is 7.11 Å². The van der Waals surface area contributed by atoms with Crippen molar-refractivity contribution in [3.63, 3.8) is 0 Å². The summed E-state index contributed by atoms with van der Waals surface area (Å²) in [4.78, 5) is 11.7. The summed E-state index contributed by atoms with van der Waals surface area (Å²) in [5.74, 6) is 1.42. The quantitative estimate of drug-likeness (QED) is 0.592. The molecule has 0 radical (unpaired) electrons. The molecular weight excluding hydrogens is 288 g/mol. The second kappa shape index (κ2) is 7.20. The normalized spacial score (nSPS) is 24.8. The Bertz CT molecular complexity index is 545. The number of hydrogen-bond acceptors (Lipinski definition) is 3. The third-order valence-corrected chi connectivity index (χ3v) is 5.25. The van der Waals surface area contributed by atoms with Crippen LogP contribution in [0.25, 0.3) is 0 Å². The first-order chi connectivity index (χ1) is 10.9. The first kappa shape index (κ1) is 17.6. The average molecular weight is 316 g/mol. The number of benzene rings is 1. The van der Waals surface area contributed by atoms with E-state index in [1.165, 1.54) is 18.1 Å². The Morgan fingerprint density at radius 2 is 1.91 bits per heavy atom.